The standard InChI is InChI=1S/C31H37Cl2N3O4/c1-19(2)7-12-26(21-8-10-22(11-9-21)29(39)34-20(3)15-27(37)38)36-30(40)28(23-16-24(32)18-25(33)17-23)35-31(36)13-5-4-6-14-31/h8-11,16-20,26H,4-7,12-15H2,1-3H3,(H,34,39)(H,37,38)/t20-,26-/m1/s1. The van der Waals surface area contributed by atoms with Crippen LogP contribution in [-0.4, -0.2) is 45.2 Å². The van der Waals surface area contributed by atoms with E-state index in [0.29, 0.717) is 32.8 Å². The number of hydrogen-bond acceptors (Lipinski definition) is 4. The van der Waals surface area contributed by atoms with Crippen LogP contribution in [0.2, 0.25) is 10.0 Å². The van der Waals surface area contributed by atoms with Gasteiger partial charge in [-0.05, 0) is 87.3 Å². The number of nitrogens with one attached hydrogen (secondary N) is 1. The van der Waals surface area contributed by atoms with Crippen LogP contribution in [0.3, 0.4) is 0 Å². The number of carboxylic acids is 1. The van der Waals surface area contributed by atoms with Gasteiger partial charge in [0.1, 0.15) is 11.4 Å². The molecule has 2 aromatic carbocycles. The van der Waals surface area contributed by atoms with Crippen LogP contribution < -0.4 is 5.32 Å². The zero-order valence-corrected chi connectivity index (χ0v) is 24.8. The molecule has 2 N–H and O–H groups in total. The molecule has 0 unspecified atom stereocenters. The molecule has 9 heteroatoms. The molecule has 1 saturated carbocycles. The van der Waals surface area contributed by atoms with Crippen molar-refractivity contribution in [2.24, 2.45) is 10.9 Å². The van der Waals surface area contributed by atoms with E-state index < -0.39 is 17.7 Å². The van der Waals surface area contributed by atoms with E-state index in [2.05, 4.69) is 19.2 Å². The molecule has 1 heterocycles. The molecule has 0 bridgehead atoms. The van der Waals surface area contributed by atoms with E-state index in [4.69, 9.17) is 33.3 Å². The average molecular weight is 587 g/mol. The number of carboxylic acid groups (broad SMARTS) is 1. The van der Waals surface area contributed by atoms with Crippen molar-refractivity contribution in [1.29, 1.82) is 0 Å². The van der Waals surface area contributed by atoms with Crippen LogP contribution in [0.4, 0.5) is 0 Å². The molecule has 0 saturated heterocycles. The van der Waals surface area contributed by atoms with Crippen molar-refractivity contribution in [2.75, 3.05) is 0 Å². The highest BCUT2D eigenvalue weighted by Crippen LogP contribution is 2.46. The Morgan fingerprint density at radius 3 is 2.20 bits per heavy atom. The van der Waals surface area contributed by atoms with E-state index in [1.165, 1.54) is 0 Å². The summed E-state index contributed by atoms with van der Waals surface area (Å²) in [6.45, 7) is 6.00. The first-order valence-corrected chi connectivity index (χ1v) is 14.8. The molecular formula is C31H37Cl2N3O4. The van der Waals surface area contributed by atoms with Gasteiger partial charge in [0.2, 0.25) is 0 Å². The summed E-state index contributed by atoms with van der Waals surface area (Å²) in [6.07, 6.45) is 6.18. The van der Waals surface area contributed by atoms with Crippen LogP contribution in [-0.2, 0) is 9.59 Å². The predicted molar refractivity (Wildman–Crippen MR) is 158 cm³/mol. The van der Waals surface area contributed by atoms with E-state index in [1.54, 1.807) is 37.3 Å². The van der Waals surface area contributed by atoms with Crippen LogP contribution in [0.25, 0.3) is 0 Å². The second kappa shape index (κ2) is 12.7. The normalized spacial score (nSPS) is 18.1. The van der Waals surface area contributed by atoms with Crippen LogP contribution in [0.15, 0.2) is 47.5 Å². The van der Waals surface area contributed by atoms with Gasteiger partial charge in [-0.3, -0.25) is 19.4 Å². The highest BCUT2D eigenvalue weighted by atomic mass is 35.5. The maximum absolute atomic E-state index is 14.2. The van der Waals surface area contributed by atoms with Gasteiger partial charge in [0.25, 0.3) is 11.8 Å². The fraction of sp³-hybridized carbons (Fsp3) is 0.484. The quantitative estimate of drug-likeness (QED) is 0.312. The largest absolute Gasteiger partial charge is 0.481 e. The number of hydrogen-bond donors (Lipinski definition) is 2. The summed E-state index contributed by atoms with van der Waals surface area (Å²) in [4.78, 5) is 45.1. The van der Waals surface area contributed by atoms with Gasteiger partial charge >= 0.3 is 5.97 Å². The molecule has 4 rings (SSSR count). The van der Waals surface area contributed by atoms with E-state index >= 15 is 0 Å². The molecule has 1 fully saturated rings. The molecule has 2 aromatic rings. The Morgan fingerprint density at radius 1 is 1.00 bits per heavy atom. The molecule has 40 heavy (non-hydrogen) atoms. The summed E-state index contributed by atoms with van der Waals surface area (Å²) in [5, 5.41) is 12.6. The maximum atomic E-state index is 14.2. The van der Waals surface area contributed by atoms with Gasteiger partial charge in [-0.25, -0.2) is 0 Å². The summed E-state index contributed by atoms with van der Waals surface area (Å²) in [5.74, 6) is -0.984. The van der Waals surface area contributed by atoms with Crippen LogP contribution in [0.1, 0.15) is 99.7 Å². The lowest BCUT2D eigenvalue weighted by Gasteiger charge is -2.44. The van der Waals surface area contributed by atoms with Gasteiger partial charge in [-0.1, -0.05) is 55.6 Å². The number of rotatable bonds is 10. The highest BCUT2D eigenvalue weighted by molar-refractivity contribution is 6.47. The fourth-order valence-corrected chi connectivity index (χ4v) is 6.33. The summed E-state index contributed by atoms with van der Waals surface area (Å²) in [5.41, 5.74) is 1.76. The zero-order chi connectivity index (χ0) is 29.0. The SMILES string of the molecule is CC(C)CC[C@H](c1ccc(C(=O)N[C@H](C)CC(=O)O)cc1)N1C(=O)C(c2cc(Cl)cc(Cl)c2)=NC12CCCCC2. The lowest BCUT2D eigenvalue weighted by molar-refractivity contribution is -0.137. The molecule has 1 aliphatic carbocycles. The van der Waals surface area contributed by atoms with Crippen molar-refractivity contribution in [2.45, 2.75) is 89.9 Å². The second-order valence-corrected chi connectivity index (χ2v) is 12.3. The van der Waals surface area contributed by atoms with Gasteiger partial charge in [-0.2, -0.15) is 0 Å². The third-order valence-corrected chi connectivity index (χ3v) is 8.16. The predicted octanol–water partition coefficient (Wildman–Crippen LogP) is 7.06. The molecule has 2 amide bonds. The minimum absolute atomic E-state index is 0.127. The first-order chi connectivity index (χ1) is 19.0. The number of halogens is 2. The fourth-order valence-electron chi connectivity index (χ4n) is 5.81. The summed E-state index contributed by atoms with van der Waals surface area (Å²) >= 11 is 12.6. The lowest BCUT2D eigenvalue weighted by Crippen LogP contribution is -2.50. The minimum Gasteiger partial charge on any atom is -0.481 e. The topological polar surface area (TPSA) is 99.1 Å². The number of nitrogens with zero attached hydrogens (tertiary/aromatic N) is 2. The second-order valence-electron chi connectivity index (χ2n) is 11.4. The van der Waals surface area contributed by atoms with Crippen LogP contribution >= 0.6 is 23.2 Å². The molecule has 1 spiro atoms. The Balaban J connectivity index is 1.69. The third kappa shape index (κ3) is 6.87. The van der Waals surface area contributed by atoms with E-state index in [0.717, 1.165) is 50.5 Å². The van der Waals surface area contributed by atoms with Crippen molar-refractivity contribution in [1.82, 2.24) is 10.2 Å². The first-order valence-electron chi connectivity index (χ1n) is 14.0. The van der Waals surface area contributed by atoms with Crippen molar-refractivity contribution in [3.05, 3.63) is 69.2 Å². The Hall–Kier alpha value is -2.90. The smallest absolute Gasteiger partial charge is 0.305 e. The number of carbonyl (C=O) groups is 3. The Kier molecular flexibility index (Phi) is 9.57. The van der Waals surface area contributed by atoms with Crippen LogP contribution in [0, 0.1) is 5.92 Å². The number of benzene rings is 2. The Labute approximate surface area is 246 Å². The van der Waals surface area contributed by atoms with Gasteiger partial charge in [0.15, 0.2) is 0 Å². The zero-order valence-electron chi connectivity index (χ0n) is 23.3. The molecule has 2 atom stereocenters. The van der Waals surface area contributed by atoms with Gasteiger partial charge < -0.3 is 15.3 Å². The van der Waals surface area contributed by atoms with Crippen LogP contribution in [0.5, 0.6) is 0 Å². The molecule has 214 valence electrons. The summed E-state index contributed by atoms with van der Waals surface area (Å²) in [6, 6.07) is 11.7. The van der Waals surface area contributed by atoms with Gasteiger partial charge in [0.05, 0.1) is 12.5 Å². The Bertz CT molecular complexity index is 1270. The summed E-state index contributed by atoms with van der Waals surface area (Å²) in [7, 11) is 0. The molecule has 7 nitrogen and oxygen atoms in total. The minimum atomic E-state index is -0.968. The van der Waals surface area contributed by atoms with Crippen molar-refractivity contribution in [3.63, 3.8) is 0 Å². The third-order valence-electron chi connectivity index (χ3n) is 7.73. The van der Waals surface area contributed by atoms with Gasteiger partial charge in [-0.15, -0.1) is 0 Å². The molecule has 0 aromatic heterocycles. The number of amides is 2. The maximum Gasteiger partial charge on any atom is 0.305 e. The highest BCUT2D eigenvalue weighted by Gasteiger charge is 2.50. The van der Waals surface area contributed by atoms with Crippen molar-refractivity contribution < 1.29 is 19.5 Å². The van der Waals surface area contributed by atoms with Crippen molar-refractivity contribution >= 4 is 46.7 Å². The van der Waals surface area contributed by atoms with Crippen molar-refractivity contribution in [3.8, 4) is 0 Å². The number of aliphatic imine (C=N–C) groups is 1. The Morgan fingerprint density at radius 2 is 1.62 bits per heavy atom. The van der Waals surface area contributed by atoms with E-state index in [-0.39, 0.29) is 24.3 Å². The summed E-state index contributed by atoms with van der Waals surface area (Å²) < 4.78 is 0. The van der Waals surface area contributed by atoms with Gasteiger partial charge in [0, 0.05) is 27.2 Å². The number of carbonyl (C=O) groups excluding carboxylic acids is 2. The molecular weight excluding hydrogens is 549 g/mol. The average Bonchev–Trinajstić information content (AvgIpc) is 3.15. The molecule has 0 radical (unpaired) electrons. The molecule has 1 aliphatic heterocycles. The monoisotopic (exact) mass is 585 g/mol. The lowest BCUT2D eigenvalue weighted by atomic mass is 9.85. The first kappa shape index (κ1) is 30.1. The van der Waals surface area contributed by atoms with E-state index in [1.807, 2.05) is 17.0 Å². The number of aliphatic carboxylic acids is 1. The molecule has 2 aliphatic rings. The van der Waals surface area contributed by atoms with E-state index in [9.17, 15) is 14.4 Å².